The third-order valence-corrected chi connectivity index (χ3v) is 3.59. The Hall–Kier alpha value is -1.17. The predicted molar refractivity (Wildman–Crippen MR) is 79.5 cm³/mol. The average Bonchev–Trinajstić information content (AvgIpc) is 2.37. The van der Waals surface area contributed by atoms with E-state index in [2.05, 4.69) is 25.9 Å². The summed E-state index contributed by atoms with van der Waals surface area (Å²) in [6.07, 6.45) is 3.35. The Bertz CT molecular complexity index is 480. The van der Waals surface area contributed by atoms with Gasteiger partial charge in [-0.1, -0.05) is 0 Å². The summed E-state index contributed by atoms with van der Waals surface area (Å²) in [4.78, 5) is 22.2. The van der Waals surface area contributed by atoms with Gasteiger partial charge in [0, 0.05) is 30.9 Å². The van der Waals surface area contributed by atoms with Crippen molar-refractivity contribution in [2.45, 2.75) is 45.1 Å². The van der Waals surface area contributed by atoms with Crippen LogP contribution >= 0.6 is 15.9 Å². The maximum Gasteiger partial charge on any atom is 0.410 e. The molecule has 6 heteroatoms. The molecule has 1 saturated heterocycles. The maximum atomic E-state index is 12.0. The molecule has 1 aliphatic rings. The van der Waals surface area contributed by atoms with Crippen LogP contribution in [0.2, 0.25) is 0 Å². The minimum atomic E-state index is -0.439. The lowest BCUT2D eigenvalue weighted by molar-refractivity contribution is 0.0204. The topological polar surface area (TPSA) is 55.3 Å². The van der Waals surface area contributed by atoms with Crippen LogP contribution in [0.15, 0.2) is 17.0 Å². The van der Waals surface area contributed by atoms with E-state index in [1.165, 1.54) is 0 Å². The SMILES string of the molecule is CC(C)(C)OC(=O)N1CCC(c2ccnc(Br)n2)CC1. The minimum absolute atomic E-state index is 0.222. The van der Waals surface area contributed by atoms with Crippen molar-refractivity contribution < 1.29 is 9.53 Å². The van der Waals surface area contributed by atoms with Crippen molar-refractivity contribution in [1.29, 1.82) is 0 Å². The lowest BCUT2D eigenvalue weighted by Crippen LogP contribution is -2.41. The highest BCUT2D eigenvalue weighted by Gasteiger charge is 2.27. The van der Waals surface area contributed by atoms with Crippen molar-refractivity contribution in [2.75, 3.05) is 13.1 Å². The minimum Gasteiger partial charge on any atom is -0.444 e. The number of carbonyl (C=O) groups excluding carboxylic acids is 1. The molecule has 0 aromatic carbocycles. The number of likely N-dealkylation sites (tertiary alicyclic amines) is 1. The molecule has 0 atom stereocenters. The molecule has 0 unspecified atom stereocenters. The zero-order valence-corrected chi connectivity index (χ0v) is 13.7. The molecule has 0 N–H and O–H groups in total. The number of ether oxygens (including phenoxy) is 1. The Labute approximate surface area is 127 Å². The summed E-state index contributed by atoms with van der Waals surface area (Å²) in [5, 5.41) is 0. The average molecular weight is 342 g/mol. The Morgan fingerprint density at radius 2 is 2.05 bits per heavy atom. The van der Waals surface area contributed by atoms with Crippen LogP contribution in [0.3, 0.4) is 0 Å². The zero-order chi connectivity index (χ0) is 14.8. The van der Waals surface area contributed by atoms with Gasteiger partial charge in [-0.3, -0.25) is 0 Å². The van der Waals surface area contributed by atoms with Crippen molar-refractivity contribution in [3.05, 3.63) is 22.7 Å². The summed E-state index contributed by atoms with van der Waals surface area (Å²) in [5.41, 5.74) is 0.599. The first-order chi connectivity index (χ1) is 9.35. The van der Waals surface area contributed by atoms with E-state index in [0.29, 0.717) is 23.7 Å². The van der Waals surface area contributed by atoms with Gasteiger partial charge in [-0.25, -0.2) is 14.8 Å². The highest BCUT2D eigenvalue weighted by atomic mass is 79.9. The number of carbonyl (C=O) groups is 1. The molecule has 110 valence electrons. The number of aromatic nitrogens is 2. The molecule has 0 radical (unpaired) electrons. The zero-order valence-electron chi connectivity index (χ0n) is 12.1. The van der Waals surface area contributed by atoms with E-state index in [4.69, 9.17) is 4.74 Å². The van der Waals surface area contributed by atoms with Crippen LogP contribution in [0.25, 0.3) is 0 Å². The van der Waals surface area contributed by atoms with Crippen LogP contribution in [-0.4, -0.2) is 39.7 Å². The lowest BCUT2D eigenvalue weighted by atomic mass is 9.93. The van der Waals surface area contributed by atoms with Gasteiger partial charge in [-0.2, -0.15) is 0 Å². The van der Waals surface area contributed by atoms with Crippen LogP contribution in [0, 0.1) is 0 Å². The van der Waals surface area contributed by atoms with Crippen molar-refractivity contribution in [1.82, 2.24) is 14.9 Å². The highest BCUT2D eigenvalue weighted by molar-refractivity contribution is 9.10. The van der Waals surface area contributed by atoms with E-state index < -0.39 is 5.60 Å². The third-order valence-electron chi connectivity index (χ3n) is 3.21. The van der Waals surface area contributed by atoms with E-state index in [1.807, 2.05) is 26.8 Å². The summed E-state index contributed by atoms with van der Waals surface area (Å²) in [5.74, 6) is 0.382. The van der Waals surface area contributed by atoms with Gasteiger partial charge >= 0.3 is 6.09 Å². The van der Waals surface area contributed by atoms with E-state index in [0.717, 1.165) is 18.5 Å². The molecule has 20 heavy (non-hydrogen) atoms. The summed E-state index contributed by atoms with van der Waals surface area (Å²) in [7, 11) is 0. The van der Waals surface area contributed by atoms with Crippen molar-refractivity contribution in [3.63, 3.8) is 0 Å². The number of halogens is 1. The molecule has 2 rings (SSSR count). The molecule has 0 bridgehead atoms. The smallest absolute Gasteiger partial charge is 0.410 e. The fourth-order valence-corrected chi connectivity index (χ4v) is 2.58. The first kappa shape index (κ1) is 15.2. The molecule has 1 aromatic rings. The van der Waals surface area contributed by atoms with E-state index in [9.17, 15) is 4.79 Å². The number of amides is 1. The number of rotatable bonds is 1. The van der Waals surface area contributed by atoms with Gasteiger partial charge < -0.3 is 9.64 Å². The molecule has 1 aromatic heterocycles. The van der Waals surface area contributed by atoms with Gasteiger partial charge in [0.15, 0.2) is 4.73 Å². The van der Waals surface area contributed by atoms with Crippen LogP contribution in [0.1, 0.15) is 45.2 Å². The summed E-state index contributed by atoms with van der Waals surface area (Å²) < 4.78 is 6.01. The first-order valence-corrected chi connectivity index (χ1v) is 7.61. The van der Waals surface area contributed by atoms with Gasteiger partial charge in [0.05, 0.1) is 0 Å². The monoisotopic (exact) mass is 341 g/mol. The second-order valence-electron chi connectivity index (χ2n) is 5.99. The van der Waals surface area contributed by atoms with Crippen molar-refractivity contribution in [2.24, 2.45) is 0 Å². The Balaban J connectivity index is 1.91. The summed E-state index contributed by atoms with van der Waals surface area (Å²) in [6.45, 7) is 7.07. The molecular weight excluding hydrogens is 322 g/mol. The molecule has 0 spiro atoms. The highest BCUT2D eigenvalue weighted by Crippen LogP contribution is 2.27. The number of hydrogen-bond donors (Lipinski definition) is 0. The standard InChI is InChI=1S/C14H20BrN3O2/c1-14(2,3)20-13(19)18-8-5-10(6-9-18)11-4-7-16-12(15)17-11/h4,7,10H,5-6,8-9H2,1-3H3. The van der Waals surface area contributed by atoms with E-state index in [-0.39, 0.29) is 6.09 Å². The molecule has 5 nitrogen and oxygen atoms in total. The van der Waals surface area contributed by atoms with Gasteiger partial charge in [-0.15, -0.1) is 0 Å². The first-order valence-electron chi connectivity index (χ1n) is 6.81. The summed E-state index contributed by atoms with van der Waals surface area (Å²) in [6, 6.07) is 1.94. The van der Waals surface area contributed by atoms with Crippen LogP contribution in [0.5, 0.6) is 0 Å². The molecule has 1 aliphatic heterocycles. The molecule has 0 saturated carbocycles. The van der Waals surface area contributed by atoms with Gasteiger partial charge in [0.1, 0.15) is 5.60 Å². The second kappa shape index (κ2) is 6.08. The fourth-order valence-electron chi connectivity index (χ4n) is 2.26. The van der Waals surface area contributed by atoms with Crippen LogP contribution in [0.4, 0.5) is 4.79 Å². The van der Waals surface area contributed by atoms with Gasteiger partial charge in [0.2, 0.25) is 0 Å². The van der Waals surface area contributed by atoms with Crippen molar-refractivity contribution >= 4 is 22.0 Å². The largest absolute Gasteiger partial charge is 0.444 e. The molecular formula is C14H20BrN3O2. The fraction of sp³-hybridized carbons (Fsp3) is 0.643. The van der Waals surface area contributed by atoms with Crippen LogP contribution < -0.4 is 0 Å². The Morgan fingerprint density at radius 3 is 2.60 bits per heavy atom. The summed E-state index contributed by atoms with van der Waals surface area (Å²) >= 11 is 3.29. The molecule has 1 fully saturated rings. The number of hydrogen-bond acceptors (Lipinski definition) is 4. The normalized spacial score (nSPS) is 17.1. The lowest BCUT2D eigenvalue weighted by Gasteiger charge is -2.33. The van der Waals surface area contributed by atoms with E-state index >= 15 is 0 Å². The van der Waals surface area contributed by atoms with E-state index in [1.54, 1.807) is 11.1 Å². The maximum absolute atomic E-state index is 12.0. The Morgan fingerprint density at radius 1 is 1.40 bits per heavy atom. The quantitative estimate of drug-likeness (QED) is 0.735. The van der Waals surface area contributed by atoms with Crippen molar-refractivity contribution in [3.8, 4) is 0 Å². The van der Waals surface area contributed by atoms with Gasteiger partial charge in [0.25, 0.3) is 0 Å². The van der Waals surface area contributed by atoms with Crippen LogP contribution in [-0.2, 0) is 4.74 Å². The second-order valence-corrected chi connectivity index (χ2v) is 6.70. The number of piperidine rings is 1. The third kappa shape index (κ3) is 4.16. The molecule has 2 heterocycles. The van der Waals surface area contributed by atoms with Gasteiger partial charge in [-0.05, 0) is 55.6 Å². The predicted octanol–water partition coefficient (Wildman–Crippen LogP) is 3.35. The Kier molecular flexibility index (Phi) is 4.62. The molecule has 0 aliphatic carbocycles. The number of nitrogens with zero attached hydrogens (tertiary/aromatic N) is 3. The molecule has 1 amide bonds.